The van der Waals surface area contributed by atoms with Gasteiger partial charge in [-0.1, -0.05) is 32.0 Å². The Morgan fingerprint density at radius 3 is 2.87 bits per heavy atom. The fraction of sp³-hybridized carbons (Fsp3) is 0.444. The van der Waals surface area contributed by atoms with E-state index < -0.39 is 0 Å². The minimum absolute atomic E-state index is 0.538. The Morgan fingerprint density at radius 1 is 1.22 bits per heavy atom. The van der Waals surface area contributed by atoms with Gasteiger partial charge in [-0.2, -0.15) is 4.98 Å². The minimum atomic E-state index is 0.538. The molecule has 5 heteroatoms. The lowest BCUT2D eigenvalue weighted by molar-refractivity contribution is 0.228. The van der Waals surface area contributed by atoms with E-state index in [4.69, 9.17) is 4.52 Å². The third kappa shape index (κ3) is 3.99. The molecular formula is C18H24N4O. The Bertz CT molecular complexity index is 759. The van der Waals surface area contributed by atoms with E-state index in [2.05, 4.69) is 65.1 Å². The molecule has 0 saturated carbocycles. The summed E-state index contributed by atoms with van der Waals surface area (Å²) in [5.41, 5.74) is 2.47. The molecule has 1 aromatic carbocycles. The van der Waals surface area contributed by atoms with Gasteiger partial charge in [0, 0.05) is 24.7 Å². The highest BCUT2D eigenvalue weighted by molar-refractivity contribution is 5.79. The van der Waals surface area contributed by atoms with Crippen molar-refractivity contribution in [3.05, 3.63) is 47.7 Å². The lowest BCUT2D eigenvalue weighted by Crippen LogP contribution is -2.22. The van der Waals surface area contributed by atoms with E-state index in [1.165, 1.54) is 16.5 Å². The van der Waals surface area contributed by atoms with Gasteiger partial charge in [0.15, 0.2) is 5.82 Å². The van der Waals surface area contributed by atoms with E-state index in [1.807, 2.05) is 6.20 Å². The molecule has 0 aliphatic carbocycles. The number of benzene rings is 1. The van der Waals surface area contributed by atoms with Crippen LogP contribution in [0.15, 0.2) is 35.0 Å². The number of rotatable bonds is 7. The summed E-state index contributed by atoms with van der Waals surface area (Å²) in [6.45, 7) is 8.97. The molecule has 3 rings (SSSR count). The standard InChI is InChI=1S/C18H24N4O/c1-4-22(12-18-20-17(21-23-18)9-13(2)3)11-14-5-6-16-15(10-14)7-8-19-16/h5-8,10,13,19H,4,9,11-12H2,1-3H3. The molecule has 23 heavy (non-hydrogen) atoms. The zero-order valence-electron chi connectivity index (χ0n) is 14.0. The van der Waals surface area contributed by atoms with Gasteiger partial charge in [-0.15, -0.1) is 0 Å². The molecule has 0 radical (unpaired) electrons. The van der Waals surface area contributed by atoms with E-state index in [1.54, 1.807) is 0 Å². The third-order valence-electron chi connectivity index (χ3n) is 3.93. The molecule has 0 bridgehead atoms. The first-order chi connectivity index (χ1) is 11.1. The van der Waals surface area contributed by atoms with E-state index in [0.717, 1.165) is 25.3 Å². The van der Waals surface area contributed by atoms with Crippen LogP contribution in [0.3, 0.4) is 0 Å². The number of fused-ring (bicyclic) bond motifs is 1. The highest BCUT2D eigenvalue weighted by atomic mass is 16.5. The highest BCUT2D eigenvalue weighted by Gasteiger charge is 2.12. The number of nitrogens with one attached hydrogen (secondary N) is 1. The largest absolute Gasteiger partial charge is 0.361 e. The van der Waals surface area contributed by atoms with Gasteiger partial charge in [-0.3, -0.25) is 4.90 Å². The maximum absolute atomic E-state index is 5.39. The van der Waals surface area contributed by atoms with Gasteiger partial charge < -0.3 is 9.51 Å². The normalized spacial score (nSPS) is 11.9. The lowest BCUT2D eigenvalue weighted by Gasteiger charge is -2.18. The van der Waals surface area contributed by atoms with Crippen molar-refractivity contribution in [1.29, 1.82) is 0 Å². The lowest BCUT2D eigenvalue weighted by atomic mass is 10.1. The van der Waals surface area contributed by atoms with Crippen LogP contribution in [0.25, 0.3) is 10.9 Å². The topological polar surface area (TPSA) is 58.0 Å². The molecule has 1 N–H and O–H groups in total. The molecule has 0 atom stereocenters. The zero-order chi connectivity index (χ0) is 16.2. The summed E-state index contributed by atoms with van der Waals surface area (Å²) < 4.78 is 5.39. The summed E-state index contributed by atoms with van der Waals surface area (Å²) in [6.07, 6.45) is 2.83. The Kier molecular flexibility index (Phi) is 4.76. The molecular weight excluding hydrogens is 288 g/mol. The van der Waals surface area contributed by atoms with Gasteiger partial charge >= 0.3 is 0 Å². The average molecular weight is 312 g/mol. The van der Waals surface area contributed by atoms with Crippen LogP contribution in [0.4, 0.5) is 0 Å². The van der Waals surface area contributed by atoms with Crippen molar-refractivity contribution in [3.63, 3.8) is 0 Å². The van der Waals surface area contributed by atoms with Gasteiger partial charge in [-0.05, 0) is 41.6 Å². The third-order valence-corrected chi connectivity index (χ3v) is 3.93. The van der Waals surface area contributed by atoms with Gasteiger partial charge in [0.05, 0.1) is 6.54 Å². The van der Waals surface area contributed by atoms with Crippen LogP contribution in [0.5, 0.6) is 0 Å². The molecule has 0 saturated heterocycles. The van der Waals surface area contributed by atoms with Crippen LogP contribution < -0.4 is 0 Å². The summed E-state index contributed by atoms with van der Waals surface area (Å²) in [4.78, 5) is 10.0. The van der Waals surface area contributed by atoms with Crippen LogP contribution in [0.2, 0.25) is 0 Å². The predicted molar refractivity (Wildman–Crippen MR) is 90.9 cm³/mol. The molecule has 2 aromatic heterocycles. The van der Waals surface area contributed by atoms with Crippen LogP contribution in [-0.2, 0) is 19.5 Å². The molecule has 3 aromatic rings. The second kappa shape index (κ2) is 6.96. The SMILES string of the molecule is CCN(Cc1ccc2[nH]ccc2c1)Cc1nc(CC(C)C)no1. The molecule has 2 heterocycles. The van der Waals surface area contributed by atoms with E-state index in [-0.39, 0.29) is 0 Å². The van der Waals surface area contributed by atoms with Crippen LogP contribution in [-0.4, -0.2) is 26.6 Å². The molecule has 122 valence electrons. The Hall–Kier alpha value is -2.14. The molecule has 0 amide bonds. The number of nitrogens with zero attached hydrogens (tertiary/aromatic N) is 3. The summed E-state index contributed by atoms with van der Waals surface area (Å²) in [7, 11) is 0. The second-order valence-corrected chi connectivity index (χ2v) is 6.40. The van der Waals surface area contributed by atoms with Gasteiger partial charge in [0.25, 0.3) is 0 Å². The summed E-state index contributed by atoms with van der Waals surface area (Å²) in [5, 5.41) is 5.31. The molecule has 0 unspecified atom stereocenters. The van der Waals surface area contributed by atoms with Crippen molar-refractivity contribution in [2.75, 3.05) is 6.54 Å². The Balaban J connectivity index is 1.66. The summed E-state index contributed by atoms with van der Waals surface area (Å²) in [6, 6.07) is 8.63. The predicted octanol–water partition coefficient (Wildman–Crippen LogP) is 3.77. The second-order valence-electron chi connectivity index (χ2n) is 6.40. The quantitative estimate of drug-likeness (QED) is 0.721. The first-order valence-corrected chi connectivity index (χ1v) is 8.24. The maximum atomic E-state index is 5.39. The zero-order valence-corrected chi connectivity index (χ0v) is 14.0. The molecule has 0 aliphatic heterocycles. The van der Waals surface area contributed by atoms with E-state index >= 15 is 0 Å². The number of aromatic amines is 1. The molecule has 5 nitrogen and oxygen atoms in total. The molecule has 0 spiro atoms. The van der Waals surface area contributed by atoms with Crippen molar-refractivity contribution in [1.82, 2.24) is 20.0 Å². The Morgan fingerprint density at radius 2 is 2.09 bits per heavy atom. The molecule has 0 fully saturated rings. The van der Waals surface area contributed by atoms with Gasteiger partial charge in [-0.25, -0.2) is 0 Å². The Labute approximate surface area is 136 Å². The van der Waals surface area contributed by atoms with Crippen molar-refractivity contribution in [2.24, 2.45) is 5.92 Å². The van der Waals surface area contributed by atoms with E-state index in [9.17, 15) is 0 Å². The highest BCUT2D eigenvalue weighted by Crippen LogP contribution is 2.16. The van der Waals surface area contributed by atoms with Crippen LogP contribution in [0.1, 0.15) is 38.0 Å². The smallest absolute Gasteiger partial charge is 0.240 e. The fourth-order valence-electron chi connectivity index (χ4n) is 2.73. The van der Waals surface area contributed by atoms with Crippen LogP contribution >= 0.6 is 0 Å². The fourth-order valence-corrected chi connectivity index (χ4v) is 2.73. The first kappa shape index (κ1) is 15.7. The van der Waals surface area contributed by atoms with Gasteiger partial charge in [0.2, 0.25) is 5.89 Å². The first-order valence-electron chi connectivity index (χ1n) is 8.24. The number of H-pyrrole nitrogens is 1. The monoisotopic (exact) mass is 312 g/mol. The van der Waals surface area contributed by atoms with Crippen molar-refractivity contribution in [3.8, 4) is 0 Å². The van der Waals surface area contributed by atoms with Crippen molar-refractivity contribution in [2.45, 2.75) is 40.3 Å². The minimum Gasteiger partial charge on any atom is -0.361 e. The van der Waals surface area contributed by atoms with E-state index in [0.29, 0.717) is 18.4 Å². The van der Waals surface area contributed by atoms with Crippen molar-refractivity contribution < 1.29 is 4.52 Å². The summed E-state index contributed by atoms with van der Waals surface area (Å²) in [5.74, 6) is 2.04. The molecule has 0 aliphatic rings. The van der Waals surface area contributed by atoms with Gasteiger partial charge in [0.1, 0.15) is 0 Å². The summed E-state index contributed by atoms with van der Waals surface area (Å²) >= 11 is 0. The maximum Gasteiger partial charge on any atom is 0.240 e. The number of aromatic nitrogens is 3. The van der Waals surface area contributed by atoms with Crippen LogP contribution in [0, 0.1) is 5.92 Å². The average Bonchev–Trinajstić information content (AvgIpc) is 3.14. The van der Waals surface area contributed by atoms with Crippen molar-refractivity contribution >= 4 is 10.9 Å². The number of hydrogen-bond acceptors (Lipinski definition) is 4. The number of hydrogen-bond donors (Lipinski definition) is 1.